The summed E-state index contributed by atoms with van der Waals surface area (Å²) in [4.78, 5) is 25.2. The monoisotopic (exact) mass is 256 g/mol. The van der Waals surface area contributed by atoms with Gasteiger partial charge in [0.1, 0.15) is 12.7 Å². The molecule has 1 rings (SSSR count). The summed E-state index contributed by atoms with van der Waals surface area (Å²) in [6.07, 6.45) is 1.23. The Balaban J connectivity index is 2.56. The van der Waals surface area contributed by atoms with Crippen molar-refractivity contribution in [2.24, 2.45) is 5.92 Å². The number of carbonyl (C=O) groups is 1. The molecule has 0 fully saturated rings. The highest BCUT2D eigenvalue weighted by Crippen LogP contribution is 2.09. The number of hydrogen-bond donors (Lipinski definition) is 2. The molecule has 0 bridgehead atoms. The first-order chi connectivity index (χ1) is 8.43. The molecule has 8 heteroatoms. The SMILES string of the molecule is Cc1nc([N+](=O)[O-])cn1CC(=O)NCC(C)CO. The highest BCUT2D eigenvalue weighted by Gasteiger charge is 2.16. The fourth-order valence-corrected chi connectivity index (χ4v) is 1.30. The average Bonchev–Trinajstić information content (AvgIpc) is 2.68. The van der Waals surface area contributed by atoms with Crippen LogP contribution in [0.15, 0.2) is 6.20 Å². The number of nitro groups is 1. The Hall–Kier alpha value is -1.96. The van der Waals surface area contributed by atoms with E-state index in [0.717, 1.165) is 0 Å². The van der Waals surface area contributed by atoms with Crippen molar-refractivity contribution in [3.8, 4) is 0 Å². The molecule has 100 valence electrons. The number of aryl methyl sites for hydroxylation is 1. The van der Waals surface area contributed by atoms with E-state index in [-0.39, 0.29) is 30.8 Å². The second-order valence-corrected chi connectivity index (χ2v) is 4.12. The standard InChI is InChI=1S/C10H16N4O4/c1-7(6-15)3-11-10(16)5-13-4-9(14(17)18)12-8(13)2/h4,7,15H,3,5-6H2,1-2H3,(H,11,16). The molecule has 0 aromatic carbocycles. The van der Waals surface area contributed by atoms with Crippen molar-refractivity contribution in [1.82, 2.24) is 14.9 Å². The van der Waals surface area contributed by atoms with Gasteiger partial charge < -0.3 is 20.5 Å². The molecule has 1 unspecified atom stereocenters. The number of aliphatic hydroxyl groups excluding tert-OH is 1. The van der Waals surface area contributed by atoms with Crippen molar-refractivity contribution < 1.29 is 14.8 Å². The first kappa shape index (κ1) is 14.1. The Labute approximate surface area is 104 Å². The third kappa shape index (κ3) is 3.81. The van der Waals surface area contributed by atoms with E-state index < -0.39 is 4.92 Å². The molecule has 2 N–H and O–H groups in total. The van der Waals surface area contributed by atoms with Gasteiger partial charge >= 0.3 is 5.82 Å². The van der Waals surface area contributed by atoms with Gasteiger partial charge in [-0.25, -0.2) is 0 Å². The normalized spacial score (nSPS) is 12.2. The zero-order valence-corrected chi connectivity index (χ0v) is 10.3. The molecule has 0 aliphatic heterocycles. The van der Waals surface area contributed by atoms with Gasteiger partial charge in [-0.05, 0) is 15.8 Å². The van der Waals surface area contributed by atoms with Crippen molar-refractivity contribution in [1.29, 1.82) is 0 Å². The summed E-state index contributed by atoms with van der Waals surface area (Å²) in [6, 6.07) is 0. The molecule has 0 aliphatic carbocycles. The van der Waals surface area contributed by atoms with Crippen LogP contribution in [0, 0.1) is 23.0 Å². The maximum atomic E-state index is 11.6. The van der Waals surface area contributed by atoms with Crippen LogP contribution in [0.2, 0.25) is 0 Å². The summed E-state index contributed by atoms with van der Waals surface area (Å²) in [7, 11) is 0. The van der Waals surface area contributed by atoms with Gasteiger partial charge in [0.15, 0.2) is 0 Å². The maximum absolute atomic E-state index is 11.6. The zero-order valence-electron chi connectivity index (χ0n) is 10.3. The first-order valence-electron chi connectivity index (χ1n) is 5.49. The van der Waals surface area contributed by atoms with Crippen molar-refractivity contribution in [3.63, 3.8) is 0 Å². The topological polar surface area (TPSA) is 110 Å². The third-order valence-electron chi connectivity index (χ3n) is 2.42. The Morgan fingerprint density at radius 2 is 2.39 bits per heavy atom. The number of imidazole rings is 1. The quantitative estimate of drug-likeness (QED) is 0.543. The highest BCUT2D eigenvalue weighted by atomic mass is 16.6. The molecule has 8 nitrogen and oxygen atoms in total. The fraction of sp³-hybridized carbons (Fsp3) is 0.600. The van der Waals surface area contributed by atoms with Crippen molar-refractivity contribution in [2.75, 3.05) is 13.2 Å². The van der Waals surface area contributed by atoms with Crippen LogP contribution in [0.5, 0.6) is 0 Å². The molecule has 1 aromatic heterocycles. The zero-order chi connectivity index (χ0) is 13.7. The van der Waals surface area contributed by atoms with Gasteiger partial charge in [-0.3, -0.25) is 9.36 Å². The predicted molar refractivity (Wildman–Crippen MR) is 62.9 cm³/mol. The maximum Gasteiger partial charge on any atom is 0.381 e. The Morgan fingerprint density at radius 3 is 2.89 bits per heavy atom. The van der Waals surface area contributed by atoms with E-state index in [2.05, 4.69) is 10.3 Å². The number of amides is 1. The van der Waals surface area contributed by atoms with Gasteiger partial charge in [-0.2, -0.15) is 0 Å². The summed E-state index contributed by atoms with van der Waals surface area (Å²) in [5.41, 5.74) is 0. The lowest BCUT2D eigenvalue weighted by Crippen LogP contribution is -2.32. The average molecular weight is 256 g/mol. The van der Waals surface area contributed by atoms with Crippen LogP contribution in [0.1, 0.15) is 12.7 Å². The minimum absolute atomic E-state index is 0.00411. The van der Waals surface area contributed by atoms with E-state index in [0.29, 0.717) is 12.4 Å². The van der Waals surface area contributed by atoms with Crippen LogP contribution in [0.4, 0.5) is 5.82 Å². The summed E-state index contributed by atoms with van der Waals surface area (Å²) < 4.78 is 1.41. The van der Waals surface area contributed by atoms with E-state index in [9.17, 15) is 14.9 Å². The molecule has 0 spiro atoms. The summed E-state index contributed by atoms with van der Waals surface area (Å²) >= 11 is 0. The van der Waals surface area contributed by atoms with E-state index >= 15 is 0 Å². The largest absolute Gasteiger partial charge is 0.396 e. The number of nitrogens with zero attached hydrogens (tertiary/aromatic N) is 3. The van der Waals surface area contributed by atoms with Gasteiger partial charge in [0.2, 0.25) is 11.7 Å². The van der Waals surface area contributed by atoms with Crippen LogP contribution in [0.3, 0.4) is 0 Å². The van der Waals surface area contributed by atoms with E-state index in [1.807, 2.05) is 0 Å². The number of carbonyl (C=O) groups excluding carboxylic acids is 1. The summed E-state index contributed by atoms with van der Waals surface area (Å²) in [5.74, 6) is -0.158. The van der Waals surface area contributed by atoms with Crippen molar-refractivity contribution >= 4 is 11.7 Å². The van der Waals surface area contributed by atoms with Crippen LogP contribution < -0.4 is 5.32 Å². The number of aromatic nitrogens is 2. The number of rotatable bonds is 6. The van der Waals surface area contributed by atoms with Crippen LogP contribution in [-0.4, -0.2) is 38.6 Å². The molecule has 1 atom stereocenters. The molecule has 1 amide bonds. The van der Waals surface area contributed by atoms with Crippen LogP contribution >= 0.6 is 0 Å². The van der Waals surface area contributed by atoms with Crippen LogP contribution in [0.25, 0.3) is 0 Å². The molecule has 0 aliphatic rings. The second kappa shape index (κ2) is 6.10. The lowest BCUT2D eigenvalue weighted by Gasteiger charge is -2.09. The fourth-order valence-electron chi connectivity index (χ4n) is 1.30. The lowest BCUT2D eigenvalue weighted by atomic mass is 10.2. The smallest absolute Gasteiger partial charge is 0.381 e. The van der Waals surface area contributed by atoms with E-state index in [1.165, 1.54) is 10.8 Å². The molecule has 0 radical (unpaired) electrons. The molecule has 0 saturated heterocycles. The summed E-state index contributed by atoms with van der Waals surface area (Å²) in [5, 5.41) is 21.9. The van der Waals surface area contributed by atoms with Crippen molar-refractivity contribution in [3.05, 3.63) is 22.1 Å². The highest BCUT2D eigenvalue weighted by molar-refractivity contribution is 5.75. The van der Waals surface area contributed by atoms with E-state index in [1.54, 1.807) is 13.8 Å². The Kier molecular flexibility index (Phi) is 4.78. The molecular weight excluding hydrogens is 240 g/mol. The predicted octanol–water partition coefficient (Wildman–Crippen LogP) is -0.156. The molecule has 1 aromatic rings. The Morgan fingerprint density at radius 1 is 1.72 bits per heavy atom. The molecule has 0 saturated carbocycles. The number of aliphatic hydroxyl groups is 1. The van der Waals surface area contributed by atoms with Gasteiger partial charge in [0.05, 0.1) is 0 Å². The van der Waals surface area contributed by atoms with Gasteiger partial charge in [-0.1, -0.05) is 6.92 Å². The number of nitrogens with one attached hydrogen (secondary N) is 1. The van der Waals surface area contributed by atoms with Crippen LogP contribution in [-0.2, 0) is 11.3 Å². The lowest BCUT2D eigenvalue weighted by molar-refractivity contribution is -0.389. The summed E-state index contributed by atoms with van der Waals surface area (Å²) in [6.45, 7) is 3.73. The first-order valence-corrected chi connectivity index (χ1v) is 5.49. The second-order valence-electron chi connectivity index (χ2n) is 4.12. The van der Waals surface area contributed by atoms with E-state index in [4.69, 9.17) is 5.11 Å². The minimum atomic E-state index is -0.602. The van der Waals surface area contributed by atoms with Gasteiger partial charge in [-0.15, -0.1) is 0 Å². The van der Waals surface area contributed by atoms with Gasteiger partial charge in [0.25, 0.3) is 0 Å². The van der Waals surface area contributed by atoms with Gasteiger partial charge in [0, 0.05) is 20.1 Å². The molecular formula is C10H16N4O4. The Bertz CT molecular complexity index is 443. The molecule has 1 heterocycles. The minimum Gasteiger partial charge on any atom is -0.396 e. The third-order valence-corrected chi connectivity index (χ3v) is 2.42. The molecule has 18 heavy (non-hydrogen) atoms. The van der Waals surface area contributed by atoms with Crippen molar-refractivity contribution in [2.45, 2.75) is 20.4 Å². The number of hydrogen-bond acceptors (Lipinski definition) is 5.